The summed E-state index contributed by atoms with van der Waals surface area (Å²) in [5.74, 6) is -0.114. The number of aromatic amines is 1. The zero-order valence-corrected chi connectivity index (χ0v) is 18.4. The molecule has 4 rings (SSSR count). The van der Waals surface area contributed by atoms with Crippen molar-refractivity contribution >= 4 is 33.3 Å². The Hall–Kier alpha value is -2.74. The fourth-order valence-corrected chi connectivity index (χ4v) is 5.59. The van der Waals surface area contributed by atoms with Gasteiger partial charge in [-0.2, -0.15) is 0 Å². The zero-order chi connectivity index (χ0) is 21.6. The van der Waals surface area contributed by atoms with Crippen molar-refractivity contribution in [1.29, 1.82) is 0 Å². The van der Waals surface area contributed by atoms with Gasteiger partial charge in [0.15, 0.2) is 5.78 Å². The molecule has 3 aromatic rings. The van der Waals surface area contributed by atoms with Crippen LogP contribution in [0.4, 0.5) is 0 Å². The molecular formula is C22H25N3O4S. The summed E-state index contributed by atoms with van der Waals surface area (Å²) in [7, 11) is 0. The minimum Gasteiger partial charge on any atom is -0.462 e. The molecule has 0 radical (unpaired) electrons. The summed E-state index contributed by atoms with van der Waals surface area (Å²) in [4.78, 5) is 47.8. The van der Waals surface area contributed by atoms with Gasteiger partial charge in [-0.15, -0.1) is 11.3 Å². The second kappa shape index (κ2) is 7.83. The third-order valence-corrected chi connectivity index (χ3v) is 6.95. The van der Waals surface area contributed by atoms with Gasteiger partial charge in [-0.25, -0.2) is 9.78 Å². The van der Waals surface area contributed by atoms with Crippen LogP contribution in [0.25, 0.3) is 10.2 Å². The van der Waals surface area contributed by atoms with Crippen molar-refractivity contribution in [2.45, 2.75) is 53.5 Å². The number of aryl methyl sites for hydroxylation is 2. The molecule has 0 unspecified atom stereocenters. The van der Waals surface area contributed by atoms with Crippen molar-refractivity contribution in [3.63, 3.8) is 0 Å². The lowest BCUT2D eigenvalue weighted by Gasteiger charge is -2.17. The molecule has 0 fully saturated rings. The van der Waals surface area contributed by atoms with E-state index < -0.39 is 5.97 Å². The Morgan fingerprint density at radius 2 is 2.13 bits per heavy atom. The number of esters is 1. The maximum absolute atomic E-state index is 13.2. The Morgan fingerprint density at radius 3 is 2.87 bits per heavy atom. The van der Waals surface area contributed by atoms with E-state index in [9.17, 15) is 14.4 Å². The van der Waals surface area contributed by atoms with Gasteiger partial charge in [-0.05, 0) is 57.1 Å². The van der Waals surface area contributed by atoms with Crippen LogP contribution in [-0.4, -0.2) is 32.9 Å². The quantitative estimate of drug-likeness (QED) is 0.496. The van der Waals surface area contributed by atoms with Crippen LogP contribution < -0.4 is 5.56 Å². The Kier molecular flexibility index (Phi) is 5.36. The Morgan fingerprint density at radius 1 is 1.37 bits per heavy atom. The number of thiophene rings is 1. The number of ether oxygens (including phenoxy) is 1. The second-order valence-corrected chi connectivity index (χ2v) is 9.06. The first-order valence-electron chi connectivity index (χ1n) is 10.2. The van der Waals surface area contributed by atoms with Gasteiger partial charge in [0.05, 0.1) is 36.1 Å². The van der Waals surface area contributed by atoms with E-state index in [4.69, 9.17) is 4.74 Å². The van der Waals surface area contributed by atoms with Crippen LogP contribution in [0.3, 0.4) is 0 Å². The fraction of sp³-hybridized carbons (Fsp3) is 0.455. The third kappa shape index (κ3) is 3.39. The van der Waals surface area contributed by atoms with Crippen LogP contribution in [-0.2, 0) is 24.1 Å². The molecule has 7 nitrogen and oxygen atoms in total. The molecule has 0 aliphatic heterocycles. The Bertz CT molecular complexity index is 1220. The average Bonchev–Trinajstić information content (AvgIpc) is 3.20. The lowest BCUT2D eigenvalue weighted by atomic mass is 9.89. The van der Waals surface area contributed by atoms with Crippen LogP contribution in [0.15, 0.2) is 11.1 Å². The molecule has 1 aliphatic rings. The highest BCUT2D eigenvalue weighted by Gasteiger charge is 2.25. The van der Waals surface area contributed by atoms with Crippen LogP contribution >= 0.6 is 11.3 Å². The average molecular weight is 428 g/mol. The van der Waals surface area contributed by atoms with Crippen molar-refractivity contribution in [2.75, 3.05) is 6.61 Å². The minimum atomic E-state index is -0.456. The summed E-state index contributed by atoms with van der Waals surface area (Å²) in [6.45, 7) is 7.53. The number of carbonyl (C=O) groups excluding carboxylic acids is 2. The summed E-state index contributed by atoms with van der Waals surface area (Å²) < 4.78 is 6.46. The van der Waals surface area contributed by atoms with Crippen molar-refractivity contribution in [3.05, 3.63) is 49.6 Å². The smallest absolute Gasteiger partial charge is 0.340 e. The standard InChI is InChI=1S/C22H25N3O4S/c1-5-29-22(28)17-12(3)19(24-13(17)4)15(26)9-25-10-23-20-18(21(25)27)14-7-6-11(2)8-16(14)30-20/h10-11,24H,5-9H2,1-4H3/t11-/m0/s1. The molecule has 30 heavy (non-hydrogen) atoms. The maximum atomic E-state index is 13.2. The highest BCUT2D eigenvalue weighted by Crippen LogP contribution is 2.35. The van der Waals surface area contributed by atoms with Gasteiger partial charge in [-0.3, -0.25) is 14.2 Å². The van der Waals surface area contributed by atoms with Crippen molar-refractivity contribution < 1.29 is 14.3 Å². The topological polar surface area (TPSA) is 94.1 Å². The third-order valence-electron chi connectivity index (χ3n) is 5.79. The van der Waals surface area contributed by atoms with E-state index in [1.54, 1.807) is 32.1 Å². The largest absolute Gasteiger partial charge is 0.462 e. The monoisotopic (exact) mass is 427 g/mol. The first-order valence-corrected chi connectivity index (χ1v) is 11.0. The van der Waals surface area contributed by atoms with Gasteiger partial charge < -0.3 is 9.72 Å². The first kappa shape index (κ1) is 20.5. The SMILES string of the molecule is CCOC(=O)c1c(C)[nH]c(C(=O)Cn2cnc3sc4c(c3c2=O)CC[C@H](C)C4)c1C. The molecule has 1 N–H and O–H groups in total. The number of nitrogens with one attached hydrogen (secondary N) is 1. The summed E-state index contributed by atoms with van der Waals surface area (Å²) in [6, 6.07) is 0. The van der Waals surface area contributed by atoms with E-state index in [1.807, 2.05) is 0 Å². The number of H-pyrrole nitrogens is 1. The summed E-state index contributed by atoms with van der Waals surface area (Å²) in [5.41, 5.74) is 2.75. The predicted octanol–water partition coefficient (Wildman–Crippen LogP) is 3.59. The van der Waals surface area contributed by atoms with Crippen LogP contribution in [0, 0.1) is 19.8 Å². The molecular weight excluding hydrogens is 402 g/mol. The summed E-state index contributed by atoms with van der Waals surface area (Å²) in [5, 5.41) is 0.656. The van der Waals surface area contributed by atoms with E-state index in [0.29, 0.717) is 33.8 Å². The number of aromatic nitrogens is 3. The van der Waals surface area contributed by atoms with Crippen molar-refractivity contribution in [3.8, 4) is 0 Å². The molecule has 1 aliphatic carbocycles. The molecule has 1 atom stereocenters. The molecule has 3 aromatic heterocycles. The number of hydrogen-bond donors (Lipinski definition) is 1. The molecule has 3 heterocycles. The zero-order valence-electron chi connectivity index (χ0n) is 17.6. The van der Waals surface area contributed by atoms with E-state index >= 15 is 0 Å². The second-order valence-electron chi connectivity index (χ2n) is 7.98. The highest BCUT2D eigenvalue weighted by molar-refractivity contribution is 7.18. The minimum absolute atomic E-state index is 0.133. The molecule has 0 bridgehead atoms. The Labute approximate surface area is 178 Å². The predicted molar refractivity (Wildman–Crippen MR) is 116 cm³/mol. The van der Waals surface area contributed by atoms with Gasteiger partial charge >= 0.3 is 5.97 Å². The fourth-order valence-electron chi connectivity index (χ4n) is 4.25. The lowest BCUT2D eigenvalue weighted by molar-refractivity contribution is 0.0525. The molecule has 0 saturated heterocycles. The van der Waals surface area contributed by atoms with E-state index in [1.165, 1.54) is 15.8 Å². The van der Waals surface area contributed by atoms with Crippen LogP contribution in [0.1, 0.15) is 62.8 Å². The number of carbonyl (C=O) groups is 2. The number of Topliss-reactive ketones (excluding diaryl/α,β-unsaturated/α-hetero) is 1. The summed E-state index contributed by atoms with van der Waals surface area (Å²) >= 11 is 1.59. The first-order chi connectivity index (χ1) is 14.3. The normalized spacial score (nSPS) is 15.9. The molecule has 0 spiro atoms. The van der Waals surface area contributed by atoms with Gasteiger partial charge in [0.2, 0.25) is 0 Å². The van der Waals surface area contributed by atoms with Crippen LogP contribution in [0.2, 0.25) is 0 Å². The van der Waals surface area contributed by atoms with Gasteiger partial charge in [0, 0.05) is 10.6 Å². The molecule has 158 valence electrons. The van der Waals surface area contributed by atoms with E-state index in [0.717, 1.165) is 29.7 Å². The van der Waals surface area contributed by atoms with Crippen molar-refractivity contribution in [1.82, 2.24) is 14.5 Å². The number of fused-ring (bicyclic) bond motifs is 3. The maximum Gasteiger partial charge on any atom is 0.340 e. The molecule has 0 aromatic carbocycles. The van der Waals surface area contributed by atoms with E-state index in [2.05, 4.69) is 16.9 Å². The molecule has 8 heteroatoms. The lowest BCUT2D eigenvalue weighted by Crippen LogP contribution is -2.25. The number of rotatable bonds is 5. The van der Waals surface area contributed by atoms with Gasteiger partial charge in [0.25, 0.3) is 5.56 Å². The number of hydrogen-bond acceptors (Lipinski definition) is 6. The molecule has 0 saturated carbocycles. The van der Waals surface area contributed by atoms with Crippen LogP contribution in [0.5, 0.6) is 0 Å². The Balaban J connectivity index is 1.68. The number of ketones is 1. The highest BCUT2D eigenvalue weighted by atomic mass is 32.1. The van der Waals surface area contributed by atoms with Gasteiger partial charge in [0.1, 0.15) is 4.83 Å². The van der Waals surface area contributed by atoms with Crippen molar-refractivity contribution in [2.24, 2.45) is 5.92 Å². The van der Waals surface area contributed by atoms with E-state index in [-0.39, 0.29) is 24.5 Å². The molecule has 0 amide bonds. The summed E-state index contributed by atoms with van der Waals surface area (Å²) in [6.07, 6.45) is 4.37. The number of nitrogens with zero attached hydrogens (tertiary/aromatic N) is 2. The van der Waals surface area contributed by atoms with Gasteiger partial charge in [-0.1, -0.05) is 6.92 Å².